The van der Waals surface area contributed by atoms with Gasteiger partial charge in [0, 0.05) is 29.7 Å². The van der Waals surface area contributed by atoms with Crippen molar-refractivity contribution >= 4 is 12.0 Å². The minimum atomic E-state index is -0.899. The molecule has 7 nitrogen and oxygen atoms in total. The molecule has 1 saturated heterocycles. The first-order chi connectivity index (χ1) is 13.4. The number of phenolic OH excluding ortho intramolecular Hbond substituents is 2. The van der Waals surface area contributed by atoms with Gasteiger partial charge in [-0.15, -0.1) is 0 Å². The van der Waals surface area contributed by atoms with E-state index in [9.17, 15) is 20.1 Å². The minimum Gasteiger partial charge on any atom is -0.508 e. The van der Waals surface area contributed by atoms with Gasteiger partial charge in [-0.05, 0) is 23.8 Å². The first kappa shape index (κ1) is 18.2. The third-order valence-corrected chi connectivity index (χ3v) is 4.94. The van der Waals surface area contributed by atoms with Crippen LogP contribution in [0.5, 0.6) is 23.0 Å². The van der Waals surface area contributed by atoms with Crippen molar-refractivity contribution in [3.05, 3.63) is 53.1 Å². The van der Waals surface area contributed by atoms with Gasteiger partial charge >= 0.3 is 5.97 Å². The van der Waals surface area contributed by atoms with Crippen LogP contribution in [0.25, 0.3) is 6.08 Å². The molecular weight excluding hydrogens is 364 g/mol. The third kappa shape index (κ3) is 3.36. The number of hydrogen-bond donors (Lipinski definition) is 3. The zero-order chi connectivity index (χ0) is 19.8. The first-order valence-electron chi connectivity index (χ1n) is 8.90. The SMILES string of the molecule is COc1cc(O)c(/C=C/C2OC(=O)C[C@H]2O)cc1C1Cc2ccc(O)cc2O1. The molecule has 2 aliphatic rings. The van der Waals surface area contributed by atoms with Crippen molar-refractivity contribution in [2.75, 3.05) is 7.11 Å². The highest BCUT2D eigenvalue weighted by Gasteiger charge is 2.31. The summed E-state index contributed by atoms with van der Waals surface area (Å²) in [6.45, 7) is 0. The number of hydrogen-bond acceptors (Lipinski definition) is 7. The number of ether oxygens (including phenoxy) is 3. The van der Waals surface area contributed by atoms with Crippen LogP contribution in [0, 0.1) is 0 Å². The van der Waals surface area contributed by atoms with E-state index in [-0.39, 0.29) is 24.0 Å². The lowest BCUT2D eigenvalue weighted by Crippen LogP contribution is -2.17. The number of carbonyl (C=O) groups is 1. The highest BCUT2D eigenvalue weighted by molar-refractivity contribution is 5.73. The molecule has 146 valence electrons. The van der Waals surface area contributed by atoms with Crippen LogP contribution < -0.4 is 9.47 Å². The van der Waals surface area contributed by atoms with E-state index in [0.717, 1.165) is 11.1 Å². The van der Waals surface area contributed by atoms with Crippen molar-refractivity contribution in [3.63, 3.8) is 0 Å². The third-order valence-electron chi connectivity index (χ3n) is 4.94. The van der Waals surface area contributed by atoms with Crippen LogP contribution >= 0.6 is 0 Å². The summed E-state index contributed by atoms with van der Waals surface area (Å²) in [5, 5.41) is 29.8. The van der Waals surface area contributed by atoms with E-state index in [4.69, 9.17) is 14.2 Å². The maximum atomic E-state index is 11.3. The first-order valence-corrected chi connectivity index (χ1v) is 8.90. The van der Waals surface area contributed by atoms with Crippen LogP contribution in [0.2, 0.25) is 0 Å². The number of benzene rings is 2. The fourth-order valence-corrected chi connectivity index (χ4v) is 3.49. The number of phenols is 2. The average Bonchev–Trinajstić information content (AvgIpc) is 3.22. The number of rotatable bonds is 4. The molecule has 2 heterocycles. The Morgan fingerprint density at radius 2 is 1.96 bits per heavy atom. The Labute approximate surface area is 161 Å². The predicted octanol–water partition coefficient (Wildman–Crippen LogP) is 2.47. The zero-order valence-corrected chi connectivity index (χ0v) is 15.2. The molecule has 0 bridgehead atoms. The molecule has 2 unspecified atom stereocenters. The highest BCUT2D eigenvalue weighted by atomic mass is 16.6. The summed E-state index contributed by atoms with van der Waals surface area (Å²) in [6.07, 6.45) is 1.71. The van der Waals surface area contributed by atoms with E-state index in [0.29, 0.717) is 23.5 Å². The quantitative estimate of drug-likeness (QED) is 0.696. The highest BCUT2D eigenvalue weighted by Crippen LogP contribution is 2.43. The van der Waals surface area contributed by atoms with E-state index < -0.39 is 18.2 Å². The molecule has 0 radical (unpaired) electrons. The molecule has 3 atom stereocenters. The van der Waals surface area contributed by atoms with Crippen LogP contribution in [0.4, 0.5) is 0 Å². The summed E-state index contributed by atoms with van der Waals surface area (Å²) in [5.41, 5.74) is 2.18. The van der Waals surface area contributed by atoms with Crippen LogP contribution in [0.15, 0.2) is 36.4 Å². The molecule has 1 fully saturated rings. The molecule has 2 aliphatic heterocycles. The summed E-state index contributed by atoms with van der Waals surface area (Å²) >= 11 is 0. The molecule has 0 aromatic heterocycles. The number of fused-ring (bicyclic) bond motifs is 1. The standard InChI is InChI=1S/C21H20O7/c1-26-19-9-15(23)11(3-5-17-16(24)10-21(25)28-17)6-14(19)20-7-12-2-4-13(22)8-18(12)27-20/h2-6,8-9,16-17,20,22-24H,7,10H2,1H3/b5-3+/t16-,17?,20?/m1/s1. The zero-order valence-electron chi connectivity index (χ0n) is 15.2. The van der Waals surface area contributed by atoms with E-state index in [1.165, 1.54) is 13.2 Å². The van der Waals surface area contributed by atoms with Crippen molar-refractivity contribution in [2.24, 2.45) is 0 Å². The second kappa shape index (κ2) is 7.09. The van der Waals surface area contributed by atoms with Crippen LogP contribution in [-0.2, 0) is 16.0 Å². The molecular formula is C21H20O7. The van der Waals surface area contributed by atoms with Gasteiger partial charge in [0.15, 0.2) is 0 Å². The summed E-state index contributed by atoms with van der Waals surface area (Å²) in [6, 6.07) is 8.23. The molecule has 28 heavy (non-hydrogen) atoms. The van der Waals surface area contributed by atoms with Gasteiger partial charge in [0.1, 0.15) is 41.3 Å². The molecule has 3 N–H and O–H groups in total. The van der Waals surface area contributed by atoms with Crippen LogP contribution in [0.3, 0.4) is 0 Å². The van der Waals surface area contributed by atoms with Crippen molar-refractivity contribution < 1.29 is 34.3 Å². The lowest BCUT2D eigenvalue weighted by atomic mass is 9.99. The van der Waals surface area contributed by atoms with Crippen molar-refractivity contribution in [1.29, 1.82) is 0 Å². The average molecular weight is 384 g/mol. The normalized spacial score (nSPS) is 23.5. The summed E-state index contributed by atoms with van der Waals surface area (Å²) < 4.78 is 16.4. The molecule has 2 aromatic carbocycles. The Kier molecular flexibility index (Phi) is 4.60. The predicted molar refractivity (Wildman–Crippen MR) is 99.4 cm³/mol. The number of esters is 1. The van der Waals surface area contributed by atoms with E-state index >= 15 is 0 Å². The van der Waals surface area contributed by atoms with Gasteiger partial charge in [-0.25, -0.2) is 0 Å². The van der Waals surface area contributed by atoms with Gasteiger partial charge in [-0.2, -0.15) is 0 Å². The van der Waals surface area contributed by atoms with Gasteiger partial charge in [0.25, 0.3) is 0 Å². The Bertz CT molecular complexity index is 950. The molecule has 4 rings (SSSR count). The molecule has 0 aliphatic carbocycles. The fourth-order valence-electron chi connectivity index (χ4n) is 3.49. The molecule has 0 amide bonds. The van der Waals surface area contributed by atoms with Gasteiger partial charge < -0.3 is 29.5 Å². The van der Waals surface area contributed by atoms with Crippen LogP contribution in [-0.4, -0.2) is 40.6 Å². The van der Waals surface area contributed by atoms with Crippen molar-refractivity contribution in [3.8, 4) is 23.0 Å². The Hall–Kier alpha value is -3.19. The van der Waals surface area contributed by atoms with Gasteiger partial charge in [-0.1, -0.05) is 12.1 Å². The van der Waals surface area contributed by atoms with Gasteiger partial charge in [0.05, 0.1) is 13.5 Å². The number of cyclic esters (lactones) is 1. The van der Waals surface area contributed by atoms with Crippen molar-refractivity contribution in [1.82, 2.24) is 0 Å². The van der Waals surface area contributed by atoms with Gasteiger partial charge in [0.2, 0.25) is 0 Å². The van der Waals surface area contributed by atoms with Crippen LogP contribution in [0.1, 0.15) is 29.2 Å². The lowest BCUT2D eigenvalue weighted by molar-refractivity contribution is -0.140. The molecule has 0 saturated carbocycles. The van der Waals surface area contributed by atoms with E-state index in [1.807, 2.05) is 6.07 Å². The van der Waals surface area contributed by atoms with E-state index in [1.54, 1.807) is 30.4 Å². The monoisotopic (exact) mass is 384 g/mol. The second-order valence-corrected chi connectivity index (χ2v) is 6.84. The topological polar surface area (TPSA) is 105 Å². The Morgan fingerprint density at radius 3 is 2.68 bits per heavy atom. The Balaban J connectivity index is 1.63. The number of aliphatic hydroxyl groups excluding tert-OH is 1. The summed E-state index contributed by atoms with van der Waals surface area (Å²) in [4.78, 5) is 11.3. The summed E-state index contributed by atoms with van der Waals surface area (Å²) in [7, 11) is 1.51. The maximum Gasteiger partial charge on any atom is 0.309 e. The van der Waals surface area contributed by atoms with E-state index in [2.05, 4.69) is 0 Å². The number of methoxy groups -OCH3 is 1. The largest absolute Gasteiger partial charge is 0.508 e. The summed E-state index contributed by atoms with van der Waals surface area (Å²) in [5.74, 6) is 0.749. The lowest BCUT2D eigenvalue weighted by Gasteiger charge is -2.17. The molecule has 2 aromatic rings. The van der Waals surface area contributed by atoms with Gasteiger partial charge in [-0.3, -0.25) is 4.79 Å². The number of aliphatic hydroxyl groups is 1. The molecule has 0 spiro atoms. The Morgan fingerprint density at radius 1 is 1.14 bits per heavy atom. The number of aromatic hydroxyl groups is 2. The maximum absolute atomic E-state index is 11.3. The second-order valence-electron chi connectivity index (χ2n) is 6.84. The number of carbonyl (C=O) groups excluding carboxylic acids is 1. The fraction of sp³-hybridized carbons (Fsp3) is 0.286. The van der Waals surface area contributed by atoms with Crippen molar-refractivity contribution in [2.45, 2.75) is 31.2 Å². The minimum absolute atomic E-state index is 0.0104. The molecule has 7 heteroatoms. The smallest absolute Gasteiger partial charge is 0.309 e.